The van der Waals surface area contributed by atoms with Crippen LogP contribution < -0.4 is 15.4 Å². The van der Waals surface area contributed by atoms with Gasteiger partial charge in [0.25, 0.3) is 0 Å². The van der Waals surface area contributed by atoms with Crippen LogP contribution >= 0.6 is 0 Å². The van der Waals surface area contributed by atoms with Crippen LogP contribution in [-0.4, -0.2) is 36.8 Å². The highest BCUT2D eigenvalue weighted by atomic mass is 16.5. The summed E-state index contributed by atoms with van der Waals surface area (Å²) >= 11 is 0. The number of amides is 1. The number of benzene rings is 1. The maximum absolute atomic E-state index is 12.0. The summed E-state index contributed by atoms with van der Waals surface area (Å²) in [5.41, 5.74) is 0.423. The van der Waals surface area contributed by atoms with E-state index in [-0.39, 0.29) is 24.6 Å². The molecule has 0 atom stereocenters. The average Bonchev–Trinajstić information content (AvgIpc) is 2.54. The number of ether oxygens (including phenoxy) is 1. The van der Waals surface area contributed by atoms with Crippen LogP contribution in [0.15, 0.2) is 24.3 Å². The molecular weight excluding hydrogens is 268 g/mol. The van der Waals surface area contributed by atoms with Gasteiger partial charge in [-0.05, 0) is 25.0 Å². The Labute approximate surface area is 125 Å². The fraction of sp³-hybridized carbons (Fsp3) is 0.562. The van der Waals surface area contributed by atoms with Crippen molar-refractivity contribution >= 4 is 11.6 Å². The average molecular weight is 292 g/mol. The molecule has 1 saturated carbocycles. The molecule has 5 nitrogen and oxygen atoms in total. The van der Waals surface area contributed by atoms with Gasteiger partial charge >= 0.3 is 0 Å². The number of carbonyl (C=O) groups is 1. The third kappa shape index (κ3) is 4.44. The minimum absolute atomic E-state index is 0.0828. The van der Waals surface area contributed by atoms with Crippen LogP contribution in [0.4, 0.5) is 5.69 Å². The van der Waals surface area contributed by atoms with Crippen LogP contribution in [0.1, 0.15) is 32.1 Å². The van der Waals surface area contributed by atoms with E-state index in [4.69, 9.17) is 4.74 Å². The molecule has 0 aromatic heterocycles. The normalized spacial score (nSPS) is 17.2. The third-order valence-corrected chi connectivity index (χ3v) is 4.09. The lowest BCUT2D eigenvalue weighted by atomic mass is 9.82. The second kappa shape index (κ2) is 7.43. The first kappa shape index (κ1) is 15.8. The number of anilines is 1. The second-order valence-electron chi connectivity index (χ2n) is 5.63. The van der Waals surface area contributed by atoms with Gasteiger partial charge in [-0.1, -0.05) is 25.3 Å². The van der Waals surface area contributed by atoms with Crippen molar-refractivity contribution in [1.82, 2.24) is 5.32 Å². The molecule has 21 heavy (non-hydrogen) atoms. The van der Waals surface area contributed by atoms with Crippen molar-refractivity contribution in [2.45, 2.75) is 37.6 Å². The Morgan fingerprint density at radius 1 is 1.33 bits per heavy atom. The lowest BCUT2D eigenvalue weighted by Gasteiger charge is -2.36. The molecular formula is C16H24N2O3. The van der Waals surface area contributed by atoms with Gasteiger partial charge < -0.3 is 20.5 Å². The molecule has 1 aromatic rings. The minimum Gasteiger partial charge on any atom is -0.497 e. The van der Waals surface area contributed by atoms with Crippen molar-refractivity contribution in [1.29, 1.82) is 0 Å². The molecule has 0 bridgehead atoms. The molecule has 1 aromatic carbocycles. The van der Waals surface area contributed by atoms with Crippen molar-refractivity contribution in [3.8, 4) is 5.75 Å². The molecule has 1 fully saturated rings. The van der Waals surface area contributed by atoms with Crippen LogP contribution in [0.25, 0.3) is 0 Å². The number of aliphatic hydroxyl groups is 1. The van der Waals surface area contributed by atoms with E-state index in [1.54, 1.807) is 13.2 Å². The zero-order chi connectivity index (χ0) is 15.1. The van der Waals surface area contributed by atoms with Gasteiger partial charge in [0.05, 0.1) is 20.3 Å². The van der Waals surface area contributed by atoms with E-state index in [0.29, 0.717) is 11.4 Å². The second-order valence-corrected chi connectivity index (χ2v) is 5.63. The molecule has 3 N–H and O–H groups in total. The van der Waals surface area contributed by atoms with Crippen LogP contribution in [0, 0.1) is 0 Å². The summed E-state index contributed by atoms with van der Waals surface area (Å²) in [6.07, 6.45) is 5.27. The predicted molar refractivity (Wildman–Crippen MR) is 82.5 cm³/mol. The first-order valence-electron chi connectivity index (χ1n) is 7.47. The highest BCUT2D eigenvalue weighted by molar-refractivity contribution is 5.92. The SMILES string of the molecule is COc1cccc(NC(=O)CNC2(CO)CCCCC2)c1. The quantitative estimate of drug-likeness (QED) is 0.749. The molecule has 5 heteroatoms. The highest BCUT2D eigenvalue weighted by Crippen LogP contribution is 2.27. The van der Waals surface area contributed by atoms with Crippen molar-refractivity contribution in [2.75, 3.05) is 25.6 Å². The van der Waals surface area contributed by atoms with Crippen molar-refractivity contribution in [3.05, 3.63) is 24.3 Å². The molecule has 116 valence electrons. The van der Waals surface area contributed by atoms with E-state index in [1.165, 1.54) is 6.42 Å². The summed E-state index contributed by atoms with van der Waals surface area (Å²) in [6, 6.07) is 7.26. The molecule has 2 rings (SSSR count). The molecule has 1 aliphatic carbocycles. The number of nitrogens with one attached hydrogen (secondary N) is 2. The topological polar surface area (TPSA) is 70.6 Å². The zero-order valence-corrected chi connectivity index (χ0v) is 12.5. The van der Waals surface area contributed by atoms with Gasteiger partial charge in [-0.3, -0.25) is 4.79 Å². The number of hydrogen-bond acceptors (Lipinski definition) is 4. The first-order chi connectivity index (χ1) is 10.2. The minimum atomic E-state index is -0.288. The number of hydrogen-bond donors (Lipinski definition) is 3. The maximum Gasteiger partial charge on any atom is 0.238 e. The third-order valence-electron chi connectivity index (χ3n) is 4.09. The smallest absolute Gasteiger partial charge is 0.238 e. The fourth-order valence-electron chi connectivity index (χ4n) is 2.79. The number of aliphatic hydroxyl groups excluding tert-OH is 1. The van der Waals surface area contributed by atoms with Crippen molar-refractivity contribution in [3.63, 3.8) is 0 Å². The highest BCUT2D eigenvalue weighted by Gasteiger charge is 2.31. The zero-order valence-electron chi connectivity index (χ0n) is 12.5. The van der Waals surface area contributed by atoms with E-state index in [1.807, 2.05) is 18.2 Å². The molecule has 0 radical (unpaired) electrons. The van der Waals surface area contributed by atoms with Gasteiger partial charge in [0.15, 0.2) is 0 Å². The molecule has 0 spiro atoms. The van der Waals surface area contributed by atoms with Crippen molar-refractivity contribution < 1.29 is 14.6 Å². The standard InChI is InChI=1S/C16H24N2O3/c1-21-14-7-5-6-13(10-14)18-15(20)11-17-16(12-19)8-3-2-4-9-16/h5-7,10,17,19H,2-4,8-9,11-12H2,1H3,(H,18,20). The summed E-state index contributed by atoms with van der Waals surface area (Å²) in [4.78, 5) is 12.0. The lowest BCUT2D eigenvalue weighted by molar-refractivity contribution is -0.116. The predicted octanol–water partition coefficient (Wildman–Crippen LogP) is 1.92. The molecule has 0 unspecified atom stereocenters. The summed E-state index contributed by atoms with van der Waals surface area (Å²) < 4.78 is 5.13. The summed E-state index contributed by atoms with van der Waals surface area (Å²) in [5.74, 6) is 0.599. The molecule has 1 aliphatic rings. The van der Waals surface area contributed by atoms with Crippen LogP contribution in [0.5, 0.6) is 5.75 Å². The van der Waals surface area contributed by atoms with Crippen molar-refractivity contribution in [2.24, 2.45) is 0 Å². The van der Waals surface area contributed by atoms with Crippen LogP contribution in [-0.2, 0) is 4.79 Å². The molecule has 1 amide bonds. The largest absolute Gasteiger partial charge is 0.497 e. The van der Waals surface area contributed by atoms with E-state index in [0.717, 1.165) is 25.7 Å². The summed E-state index contributed by atoms with van der Waals surface area (Å²) in [5, 5.41) is 15.7. The number of methoxy groups -OCH3 is 1. The van der Waals surface area contributed by atoms with Gasteiger partial charge in [0.2, 0.25) is 5.91 Å². The number of carbonyl (C=O) groups excluding carboxylic acids is 1. The molecule has 0 aliphatic heterocycles. The molecule has 0 saturated heterocycles. The lowest BCUT2D eigenvalue weighted by Crippen LogP contribution is -2.52. The molecule has 0 heterocycles. The fourth-order valence-corrected chi connectivity index (χ4v) is 2.79. The summed E-state index contributed by atoms with van der Waals surface area (Å²) in [6.45, 7) is 0.289. The monoisotopic (exact) mass is 292 g/mol. The van der Waals surface area contributed by atoms with Gasteiger partial charge in [0, 0.05) is 17.3 Å². The Balaban J connectivity index is 1.86. The van der Waals surface area contributed by atoms with Gasteiger partial charge in [-0.2, -0.15) is 0 Å². The van der Waals surface area contributed by atoms with Crippen LogP contribution in [0.3, 0.4) is 0 Å². The van der Waals surface area contributed by atoms with Gasteiger partial charge in [-0.25, -0.2) is 0 Å². The van der Waals surface area contributed by atoms with E-state index in [2.05, 4.69) is 10.6 Å². The Hall–Kier alpha value is -1.59. The van der Waals surface area contributed by atoms with E-state index < -0.39 is 0 Å². The Morgan fingerprint density at radius 3 is 2.76 bits per heavy atom. The van der Waals surface area contributed by atoms with E-state index in [9.17, 15) is 9.90 Å². The first-order valence-corrected chi connectivity index (χ1v) is 7.47. The Morgan fingerprint density at radius 2 is 2.10 bits per heavy atom. The summed E-state index contributed by atoms with van der Waals surface area (Å²) in [7, 11) is 1.59. The maximum atomic E-state index is 12.0. The number of rotatable bonds is 6. The van der Waals surface area contributed by atoms with Gasteiger partial charge in [-0.15, -0.1) is 0 Å². The van der Waals surface area contributed by atoms with E-state index >= 15 is 0 Å². The Bertz CT molecular complexity index is 470. The van der Waals surface area contributed by atoms with Crippen LogP contribution in [0.2, 0.25) is 0 Å². The van der Waals surface area contributed by atoms with Gasteiger partial charge in [0.1, 0.15) is 5.75 Å². The Kier molecular flexibility index (Phi) is 5.59.